The van der Waals surface area contributed by atoms with Crippen LogP contribution in [0.5, 0.6) is 0 Å². The number of alkyl carbamates (subject to hydrolysis) is 1. The Hall–Kier alpha value is -1.30. The molecule has 0 aliphatic heterocycles. The Bertz CT molecular complexity index is 483. The van der Waals surface area contributed by atoms with Crippen molar-refractivity contribution in [1.82, 2.24) is 5.32 Å². The van der Waals surface area contributed by atoms with Crippen LogP contribution in [0, 0.1) is 0 Å². The van der Waals surface area contributed by atoms with Gasteiger partial charge < -0.3 is 19.6 Å². The predicted octanol–water partition coefficient (Wildman–Crippen LogP) is 6.91. The van der Waals surface area contributed by atoms with E-state index < -0.39 is 12.1 Å². The summed E-state index contributed by atoms with van der Waals surface area (Å²) in [6.45, 7) is 5.19. The molecular formula is C27H55N2O4+. The maximum Gasteiger partial charge on any atom is 0.407 e. The zero-order valence-corrected chi connectivity index (χ0v) is 22.3. The van der Waals surface area contributed by atoms with Gasteiger partial charge in [-0.05, 0) is 19.8 Å². The molecule has 0 radical (unpaired) electrons. The minimum Gasteiger partial charge on any atom is -0.477 e. The fourth-order valence-electron chi connectivity index (χ4n) is 4.43. The van der Waals surface area contributed by atoms with Gasteiger partial charge in [-0.2, -0.15) is 0 Å². The molecule has 196 valence electrons. The molecule has 0 aliphatic rings. The lowest BCUT2D eigenvalue weighted by molar-refractivity contribution is -0.886. The number of quaternary nitrogens is 1. The summed E-state index contributed by atoms with van der Waals surface area (Å²) in [6, 6.07) is 0. The lowest BCUT2D eigenvalue weighted by Gasteiger charge is -2.31. The number of likely N-dealkylation sites (N-methyl/N-ethyl adjacent to an activating group) is 1. The number of ether oxygens (including phenoxy) is 1. The van der Waals surface area contributed by atoms with Gasteiger partial charge in [0.25, 0.3) is 0 Å². The molecule has 2 N–H and O–H groups in total. The summed E-state index contributed by atoms with van der Waals surface area (Å²) in [5.41, 5.74) is 0. The zero-order valence-electron chi connectivity index (χ0n) is 22.3. The largest absolute Gasteiger partial charge is 0.477 e. The summed E-state index contributed by atoms with van der Waals surface area (Å²) >= 11 is 0. The molecule has 0 saturated heterocycles. The van der Waals surface area contributed by atoms with E-state index in [4.69, 9.17) is 9.84 Å². The summed E-state index contributed by atoms with van der Waals surface area (Å²) in [5, 5.41) is 11.8. The standard InChI is InChI=1S/C27H54N2O4/c1-5-7-8-9-10-11-12-13-14-15-16-17-18-19-20-21-22-25(33-27(32)28-6-2)23-29(3,4)24-26(30)31/h25H,5-24H2,1-4H3,(H-,28,30,31,32)/p+1. The molecule has 6 heteroatoms. The van der Waals surface area contributed by atoms with E-state index in [2.05, 4.69) is 12.2 Å². The molecule has 0 bridgehead atoms. The average molecular weight is 472 g/mol. The van der Waals surface area contributed by atoms with Crippen molar-refractivity contribution in [2.75, 3.05) is 33.7 Å². The van der Waals surface area contributed by atoms with E-state index in [0.717, 1.165) is 19.3 Å². The van der Waals surface area contributed by atoms with Gasteiger partial charge in [0.2, 0.25) is 0 Å². The quantitative estimate of drug-likeness (QED) is 0.125. The van der Waals surface area contributed by atoms with E-state index >= 15 is 0 Å². The van der Waals surface area contributed by atoms with Crippen molar-refractivity contribution < 1.29 is 23.9 Å². The number of hydrogen-bond donors (Lipinski definition) is 2. The predicted molar refractivity (Wildman–Crippen MR) is 138 cm³/mol. The van der Waals surface area contributed by atoms with Crippen molar-refractivity contribution in [1.29, 1.82) is 0 Å². The number of carboxylic acid groups (broad SMARTS) is 1. The molecular weight excluding hydrogens is 416 g/mol. The molecule has 1 unspecified atom stereocenters. The van der Waals surface area contributed by atoms with Crippen LogP contribution in [0.3, 0.4) is 0 Å². The molecule has 0 rings (SSSR count). The number of carbonyl (C=O) groups excluding carboxylic acids is 1. The molecule has 33 heavy (non-hydrogen) atoms. The number of rotatable bonds is 23. The Morgan fingerprint density at radius 1 is 0.758 bits per heavy atom. The molecule has 0 spiro atoms. The van der Waals surface area contributed by atoms with Crippen molar-refractivity contribution in [3.8, 4) is 0 Å². The van der Waals surface area contributed by atoms with E-state index in [9.17, 15) is 9.59 Å². The maximum atomic E-state index is 11.9. The Morgan fingerprint density at radius 3 is 1.58 bits per heavy atom. The van der Waals surface area contributed by atoms with Crippen LogP contribution >= 0.6 is 0 Å². The molecule has 0 aromatic heterocycles. The second-order valence-corrected chi connectivity index (χ2v) is 10.3. The first-order valence-electron chi connectivity index (χ1n) is 13.8. The van der Waals surface area contributed by atoms with Crippen LogP contribution in [-0.4, -0.2) is 61.5 Å². The van der Waals surface area contributed by atoms with E-state index in [1.807, 2.05) is 21.0 Å². The second kappa shape index (κ2) is 21.2. The SMILES string of the molecule is CCCCCCCCCCCCCCCCCCC(C[N+](C)(C)CC(=O)O)OC(=O)NCC. The van der Waals surface area contributed by atoms with Crippen LogP contribution in [0.4, 0.5) is 4.79 Å². The van der Waals surface area contributed by atoms with Crippen LogP contribution in [0.1, 0.15) is 123 Å². The van der Waals surface area contributed by atoms with Crippen molar-refractivity contribution >= 4 is 12.1 Å². The van der Waals surface area contributed by atoms with Gasteiger partial charge in [0, 0.05) is 6.54 Å². The van der Waals surface area contributed by atoms with Gasteiger partial charge in [-0.3, -0.25) is 0 Å². The van der Waals surface area contributed by atoms with Crippen LogP contribution in [0.2, 0.25) is 0 Å². The lowest BCUT2D eigenvalue weighted by Crippen LogP contribution is -2.50. The van der Waals surface area contributed by atoms with Gasteiger partial charge in [0.1, 0.15) is 6.54 Å². The molecule has 0 aromatic rings. The smallest absolute Gasteiger partial charge is 0.407 e. The Kier molecular flexibility index (Phi) is 20.4. The first-order valence-corrected chi connectivity index (χ1v) is 13.8. The van der Waals surface area contributed by atoms with E-state index in [-0.39, 0.29) is 12.6 Å². The van der Waals surface area contributed by atoms with Crippen molar-refractivity contribution in [2.24, 2.45) is 0 Å². The second-order valence-electron chi connectivity index (χ2n) is 10.3. The summed E-state index contributed by atoms with van der Waals surface area (Å²) in [7, 11) is 3.74. The number of unbranched alkanes of at least 4 members (excludes halogenated alkanes) is 15. The van der Waals surface area contributed by atoms with Crippen molar-refractivity contribution in [3.05, 3.63) is 0 Å². The molecule has 6 nitrogen and oxygen atoms in total. The van der Waals surface area contributed by atoms with Crippen LogP contribution in [-0.2, 0) is 9.53 Å². The number of nitrogens with one attached hydrogen (secondary N) is 1. The van der Waals surface area contributed by atoms with Gasteiger partial charge >= 0.3 is 12.1 Å². The number of aliphatic carboxylic acids is 1. The fourth-order valence-corrected chi connectivity index (χ4v) is 4.43. The van der Waals surface area contributed by atoms with Gasteiger partial charge in [-0.25, -0.2) is 9.59 Å². The Morgan fingerprint density at radius 2 is 1.18 bits per heavy atom. The molecule has 1 atom stereocenters. The zero-order chi connectivity index (χ0) is 24.8. The highest BCUT2D eigenvalue weighted by Gasteiger charge is 2.27. The highest BCUT2D eigenvalue weighted by Crippen LogP contribution is 2.16. The molecule has 0 fully saturated rings. The summed E-state index contributed by atoms with van der Waals surface area (Å²) < 4.78 is 5.88. The Labute approximate surface area is 204 Å². The summed E-state index contributed by atoms with van der Waals surface area (Å²) in [5.74, 6) is -0.834. The maximum absolute atomic E-state index is 11.9. The third kappa shape index (κ3) is 22.3. The molecule has 0 heterocycles. The molecule has 0 aliphatic carbocycles. The minimum atomic E-state index is -0.834. The van der Waals surface area contributed by atoms with Crippen LogP contribution in [0.15, 0.2) is 0 Å². The van der Waals surface area contributed by atoms with E-state index in [1.54, 1.807) is 0 Å². The molecule has 0 aromatic carbocycles. The normalized spacial score (nSPS) is 12.5. The van der Waals surface area contributed by atoms with Crippen LogP contribution < -0.4 is 5.32 Å². The van der Waals surface area contributed by atoms with Crippen molar-refractivity contribution in [2.45, 2.75) is 129 Å². The van der Waals surface area contributed by atoms with E-state index in [0.29, 0.717) is 17.6 Å². The topological polar surface area (TPSA) is 75.6 Å². The van der Waals surface area contributed by atoms with Crippen LogP contribution in [0.25, 0.3) is 0 Å². The minimum absolute atomic E-state index is 0.0220. The number of hydrogen-bond acceptors (Lipinski definition) is 3. The van der Waals surface area contributed by atoms with Gasteiger partial charge in [-0.1, -0.05) is 103 Å². The summed E-state index contributed by atoms with van der Waals surface area (Å²) in [6.07, 6.45) is 21.4. The molecule has 0 saturated carbocycles. The first-order chi connectivity index (χ1) is 15.8. The highest BCUT2D eigenvalue weighted by atomic mass is 16.6. The monoisotopic (exact) mass is 471 g/mol. The third-order valence-electron chi connectivity index (χ3n) is 6.24. The van der Waals surface area contributed by atoms with Gasteiger partial charge in [0.15, 0.2) is 12.6 Å². The number of nitrogens with zero attached hydrogens (tertiary/aromatic N) is 1. The number of carboxylic acids is 1. The highest BCUT2D eigenvalue weighted by molar-refractivity contribution is 5.68. The van der Waals surface area contributed by atoms with E-state index in [1.165, 1.54) is 89.9 Å². The first kappa shape index (κ1) is 31.7. The Balaban J connectivity index is 3.82. The fraction of sp³-hybridized carbons (Fsp3) is 0.926. The van der Waals surface area contributed by atoms with Gasteiger partial charge in [-0.15, -0.1) is 0 Å². The van der Waals surface area contributed by atoms with Crippen molar-refractivity contribution in [3.63, 3.8) is 0 Å². The number of amides is 1. The lowest BCUT2D eigenvalue weighted by atomic mass is 10.0. The van der Waals surface area contributed by atoms with Gasteiger partial charge in [0.05, 0.1) is 14.1 Å². The third-order valence-corrected chi connectivity index (χ3v) is 6.24. The molecule has 1 amide bonds. The summed E-state index contributed by atoms with van der Waals surface area (Å²) in [4.78, 5) is 23.0. The number of carbonyl (C=O) groups is 2. The average Bonchev–Trinajstić information content (AvgIpc) is 2.72.